The molecule has 0 fully saturated rings. The van der Waals surface area contributed by atoms with Gasteiger partial charge in [0.1, 0.15) is 0 Å². The van der Waals surface area contributed by atoms with Crippen LogP contribution >= 0.6 is 0 Å². The van der Waals surface area contributed by atoms with Gasteiger partial charge in [-0.15, -0.1) is 0 Å². The fourth-order valence-electron chi connectivity index (χ4n) is 2.59. The van der Waals surface area contributed by atoms with Crippen LogP contribution in [-0.4, -0.2) is 26.7 Å². The molecule has 0 spiro atoms. The van der Waals surface area contributed by atoms with Crippen LogP contribution in [0.25, 0.3) is 0 Å². The standard InChI is InChI=1S/C18H14AsNO2/c1-21-18-12-6-11-17(20-18)19-13-7-2-4-9-15(13)22-16-10-5-3-8-14(16)19/h2-12H,1H3. The summed E-state index contributed by atoms with van der Waals surface area (Å²) in [6, 6.07) is 22.5. The summed E-state index contributed by atoms with van der Waals surface area (Å²) in [4.78, 5) is 4.70. The van der Waals surface area contributed by atoms with Gasteiger partial charge in [-0.1, -0.05) is 0 Å². The first-order valence-corrected chi connectivity index (χ1v) is 9.85. The van der Waals surface area contributed by atoms with Gasteiger partial charge in [0.05, 0.1) is 0 Å². The SMILES string of the molecule is COc1cccc([As]2c3ccccc3Oc3ccccc32)n1. The average Bonchev–Trinajstić information content (AvgIpc) is 2.59. The number of aromatic nitrogens is 1. The Kier molecular flexibility index (Phi) is 3.36. The van der Waals surface area contributed by atoms with Crippen LogP contribution in [0.3, 0.4) is 0 Å². The van der Waals surface area contributed by atoms with Crippen molar-refractivity contribution in [1.29, 1.82) is 0 Å². The van der Waals surface area contributed by atoms with Gasteiger partial charge in [0, 0.05) is 0 Å². The number of fused-ring (bicyclic) bond motifs is 2. The molecule has 0 amide bonds. The van der Waals surface area contributed by atoms with Crippen LogP contribution in [0.5, 0.6) is 17.4 Å². The molecule has 3 aromatic rings. The molecule has 1 aromatic heterocycles. The monoisotopic (exact) mass is 351 g/mol. The Labute approximate surface area is 133 Å². The molecule has 2 heterocycles. The number of para-hydroxylation sites is 2. The van der Waals surface area contributed by atoms with Crippen LogP contribution in [0.15, 0.2) is 66.7 Å². The number of nitrogens with zero attached hydrogens (tertiary/aromatic N) is 1. The van der Waals surface area contributed by atoms with E-state index < -0.39 is 14.7 Å². The zero-order valence-electron chi connectivity index (χ0n) is 12.1. The van der Waals surface area contributed by atoms with Crippen LogP contribution in [0.2, 0.25) is 0 Å². The molecule has 0 saturated heterocycles. The molecule has 3 nitrogen and oxygen atoms in total. The Balaban J connectivity index is 1.94. The van der Waals surface area contributed by atoms with Gasteiger partial charge in [0.25, 0.3) is 0 Å². The molecule has 0 radical (unpaired) electrons. The number of methoxy groups -OCH3 is 1. The fraction of sp³-hybridized carbons (Fsp3) is 0.0556. The quantitative estimate of drug-likeness (QED) is 0.516. The summed E-state index contributed by atoms with van der Waals surface area (Å²) in [5.74, 6) is 2.56. The minimum absolute atomic E-state index is 0.660. The summed E-state index contributed by atoms with van der Waals surface area (Å²) in [6.45, 7) is 0. The van der Waals surface area contributed by atoms with E-state index in [4.69, 9.17) is 14.5 Å². The van der Waals surface area contributed by atoms with E-state index in [1.54, 1.807) is 7.11 Å². The topological polar surface area (TPSA) is 31.4 Å². The molecule has 0 N–H and O–H groups in total. The second-order valence-electron chi connectivity index (χ2n) is 4.91. The number of pyridine rings is 1. The van der Waals surface area contributed by atoms with Crippen LogP contribution in [0.1, 0.15) is 0 Å². The van der Waals surface area contributed by atoms with E-state index in [1.807, 2.05) is 36.4 Å². The van der Waals surface area contributed by atoms with E-state index in [0.29, 0.717) is 5.88 Å². The van der Waals surface area contributed by atoms with E-state index in [2.05, 4.69) is 30.3 Å². The second kappa shape index (κ2) is 5.51. The van der Waals surface area contributed by atoms with Gasteiger partial charge in [0.15, 0.2) is 0 Å². The van der Waals surface area contributed by atoms with Crippen LogP contribution < -0.4 is 22.7 Å². The van der Waals surface area contributed by atoms with E-state index in [1.165, 1.54) is 8.70 Å². The zero-order valence-corrected chi connectivity index (χ0v) is 13.9. The number of benzene rings is 2. The Morgan fingerprint density at radius 1 is 0.818 bits per heavy atom. The molecule has 0 bridgehead atoms. The van der Waals surface area contributed by atoms with E-state index in [-0.39, 0.29) is 0 Å². The molecule has 0 saturated carbocycles. The summed E-state index contributed by atoms with van der Waals surface area (Å²) in [6.07, 6.45) is 0. The zero-order chi connectivity index (χ0) is 14.9. The summed E-state index contributed by atoms with van der Waals surface area (Å²) in [5, 5.41) is 0. The van der Waals surface area contributed by atoms with Gasteiger partial charge in [-0.3, -0.25) is 0 Å². The average molecular weight is 351 g/mol. The van der Waals surface area contributed by atoms with Gasteiger partial charge in [-0.25, -0.2) is 0 Å². The maximum atomic E-state index is 6.06. The van der Waals surface area contributed by atoms with Crippen molar-refractivity contribution in [3.63, 3.8) is 0 Å². The molecular weight excluding hydrogens is 337 g/mol. The molecule has 2 aromatic carbocycles. The first kappa shape index (κ1) is 13.4. The van der Waals surface area contributed by atoms with Crippen molar-refractivity contribution in [1.82, 2.24) is 4.98 Å². The summed E-state index contributed by atoms with van der Waals surface area (Å²) in [7, 11) is 1.65. The first-order valence-electron chi connectivity index (χ1n) is 7.04. The van der Waals surface area contributed by atoms with E-state index in [0.717, 1.165) is 16.0 Å². The Hall–Kier alpha value is -2.25. The molecular formula is C18H14AsNO2. The fourth-order valence-corrected chi connectivity index (χ4v) is 7.50. The molecule has 0 atom stereocenters. The molecule has 1 aliphatic rings. The minimum atomic E-state index is -1.72. The second-order valence-corrected chi connectivity index (χ2v) is 9.30. The van der Waals surface area contributed by atoms with Gasteiger partial charge >= 0.3 is 134 Å². The molecule has 1 aliphatic heterocycles. The molecule has 22 heavy (non-hydrogen) atoms. The number of hydrogen-bond acceptors (Lipinski definition) is 3. The van der Waals surface area contributed by atoms with Crippen molar-refractivity contribution in [2.75, 3.05) is 7.11 Å². The normalized spacial score (nSPS) is 13.0. The molecule has 4 rings (SSSR count). The van der Waals surface area contributed by atoms with Crippen molar-refractivity contribution < 1.29 is 9.47 Å². The maximum absolute atomic E-state index is 6.06. The van der Waals surface area contributed by atoms with Gasteiger partial charge in [-0.2, -0.15) is 0 Å². The third-order valence-corrected chi connectivity index (χ3v) is 8.64. The molecule has 4 heteroatoms. The summed E-state index contributed by atoms with van der Waals surface area (Å²) in [5.41, 5.74) is 0. The third-order valence-electron chi connectivity index (χ3n) is 3.58. The third kappa shape index (κ3) is 2.18. The van der Waals surface area contributed by atoms with Crippen LogP contribution in [0, 0.1) is 0 Å². The van der Waals surface area contributed by atoms with E-state index >= 15 is 0 Å². The van der Waals surface area contributed by atoms with Crippen molar-refractivity contribution >= 4 is 27.8 Å². The Morgan fingerprint density at radius 2 is 1.45 bits per heavy atom. The Bertz CT molecular complexity index is 789. The summed E-state index contributed by atoms with van der Waals surface area (Å²) < 4.78 is 15.0. The van der Waals surface area contributed by atoms with Crippen LogP contribution in [-0.2, 0) is 0 Å². The van der Waals surface area contributed by atoms with Crippen LogP contribution in [0.4, 0.5) is 0 Å². The van der Waals surface area contributed by atoms with Crippen molar-refractivity contribution in [2.45, 2.75) is 0 Å². The van der Waals surface area contributed by atoms with Crippen molar-refractivity contribution in [2.24, 2.45) is 0 Å². The molecule has 0 unspecified atom stereocenters. The molecule has 108 valence electrons. The molecule has 0 aliphatic carbocycles. The van der Waals surface area contributed by atoms with E-state index in [9.17, 15) is 0 Å². The number of rotatable bonds is 2. The number of hydrogen-bond donors (Lipinski definition) is 0. The van der Waals surface area contributed by atoms with Gasteiger partial charge in [0.2, 0.25) is 0 Å². The van der Waals surface area contributed by atoms with Gasteiger partial charge in [-0.05, 0) is 0 Å². The predicted molar refractivity (Wildman–Crippen MR) is 88.4 cm³/mol. The number of ether oxygens (including phenoxy) is 2. The van der Waals surface area contributed by atoms with Crippen molar-refractivity contribution in [3.05, 3.63) is 66.7 Å². The van der Waals surface area contributed by atoms with Gasteiger partial charge < -0.3 is 0 Å². The Morgan fingerprint density at radius 3 is 2.09 bits per heavy atom. The first-order chi connectivity index (χ1) is 10.9. The predicted octanol–water partition coefficient (Wildman–Crippen LogP) is 1.71. The van der Waals surface area contributed by atoms with Crippen molar-refractivity contribution in [3.8, 4) is 17.4 Å². The summed E-state index contributed by atoms with van der Waals surface area (Å²) >= 11 is -1.72.